The Morgan fingerprint density at radius 2 is 2.00 bits per heavy atom. The Bertz CT molecular complexity index is 682. The summed E-state index contributed by atoms with van der Waals surface area (Å²) in [5.74, 6) is 0.213. The first-order chi connectivity index (χ1) is 9.81. The van der Waals surface area contributed by atoms with Crippen molar-refractivity contribution in [1.29, 1.82) is 0 Å². The zero-order valence-corrected chi connectivity index (χ0v) is 10.5. The van der Waals surface area contributed by atoms with Crippen molar-refractivity contribution in [2.24, 2.45) is 0 Å². The van der Waals surface area contributed by atoms with Crippen LogP contribution in [-0.2, 0) is 6.54 Å². The van der Waals surface area contributed by atoms with Crippen LogP contribution in [0.2, 0.25) is 0 Å². The van der Waals surface area contributed by atoms with Crippen LogP contribution >= 0.6 is 0 Å². The maximum atomic E-state index is 12.8. The van der Waals surface area contributed by atoms with Crippen molar-refractivity contribution < 1.29 is 8.91 Å². The average Bonchev–Trinajstić information content (AvgIpc) is 2.97. The van der Waals surface area contributed by atoms with Crippen LogP contribution in [0.5, 0.6) is 0 Å². The minimum Gasteiger partial charge on any atom is -0.334 e. The highest BCUT2D eigenvalue weighted by atomic mass is 19.1. The predicted octanol–water partition coefficient (Wildman–Crippen LogP) is 2.88. The molecule has 20 heavy (non-hydrogen) atoms. The van der Waals surface area contributed by atoms with Crippen LogP contribution < -0.4 is 5.32 Å². The van der Waals surface area contributed by atoms with Crippen LogP contribution in [0.4, 0.5) is 10.4 Å². The van der Waals surface area contributed by atoms with E-state index in [0.717, 1.165) is 11.1 Å². The lowest BCUT2D eigenvalue weighted by atomic mass is 10.2. The molecule has 0 unspecified atom stereocenters. The van der Waals surface area contributed by atoms with Crippen LogP contribution in [0.25, 0.3) is 11.4 Å². The summed E-state index contributed by atoms with van der Waals surface area (Å²) < 4.78 is 17.9. The maximum Gasteiger partial charge on any atom is 0.322 e. The molecule has 1 N–H and O–H groups in total. The number of benzene rings is 1. The molecular weight excluding hydrogens is 259 g/mol. The molecule has 2 aromatic heterocycles. The molecule has 0 radical (unpaired) electrons. The van der Waals surface area contributed by atoms with Gasteiger partial charge in [0.25, 0.3) is 0 Å². The monoisotopic (exact) mass is 270 g/mol. The van der Waals surface area contributed by atoms with Gasteiger partial charge in [-0.1, -0.05) is 17.3 Å². The first-order valence-electron chi connectivity index (χ1n) is 6.04. The number of aromatic nitrogens is 3. The molecule has 0 aliphatic rings. The van der Waals surface area contributed by atoms with E-state index in [-0.39, 0.29) is 5.82 Å². The zero-order valence-electron chi connectivity index (χ0n) is 10.5. The molecule has 0 saturated heterocycles. The van der Waals surface area contributed by atoms with Crippen LogP contribution in [0.15, 0.2) is 53.3 Å². The van der Waals surface area contributed by atoms with Gasteiger partial charge in [0.05, 0.1) is 0 Å². The molecule has 2 heterocycles. The molecule has 0 aliphatic heterocycles. The first kappa shape index (κ1) is 12.3. The van der Waals surface area contributed by atoms with Gasteiger partial charge in [-0.05, 0) is 29.8 Å². The standard InChI is InChI=1S/C14H11FN4O/c15-12-5-3-10(4-6-12)8-17-14-18-13(19-20-14)11-2-1-7-16-9-11/h1-7,9H,8H2,(H,17,18,19). The molecule has 0 amide bonds. The van der Waals surface area contributed by atoms with Crippen molar-refractivity contribution in [3.8, 4) is 11.4 Å². The van der Waals surface area contributed by atoms with Crippen LogP contribution in [0.3, 0.4) is 0 Å². The van der Waals surface area contributed by atoms with Crippen molar-refractivity contribution in [1.82, 2.24) is 15.1 Å². The van der Waals surface area contributed by atoms with Crippen LogP contribution in [0, 0.1) is 5.82 Å². The predicted molar refractivity (Wildman–Crippen MR) is 71.3 cm³/mol. The minimum atomic E-state index is -0.259. The Hall–Kier alpha value is -2.76. The lowest BCUT2D eigenvalue weighted by Crippen LogP contribution is -1.99. The van der Waals surface area contributed by atoms with E-state index in [1.54, 1.807) is 30.6 Å². The molecule has 0 aliphatic carbocycles. The zero-order chi connectivity index (χ0) is 13.8. The highest BCUT2D eigenvalue weighted by Crippen LogP contribution is 2.16. The quantitative estimate of drug-likeness (QED) is 0.789. The second kappa shape index (κ2) is 5.48. The van der Waals surface area contributed by atoms with Gasteiger partial charge in [0.2, 0.25) is 5.82 Å². The molecule has 1 aromatic carbocycles. The van der Waals surface area contributed by atoms with E-state index in [9.17, 15) is 4.39 Å². The number of rotatable bonds is 4. The molecule has 0 fully saturated rings. The topological polar surface area (TPSA) is 63.8 Å². The molecule has 100 valence electrons. The molecular formula is C14H11FN4O. The van der Waals surface area contributed by atoms with E-state index < -0.39 is 0 Å². The summed E-state index contributed by atoms with van der Waals surface area (Å²) in [6.07, 6.45) is 3.34. The summed E-state index contributed by atoms with van der Waals surface area (Å²) in [6, 6.07) is 10.2. The van der Waals surface area contributed by atoms with Crippen LogP contribution in [-0.4, -0.2) is 15.1 Å². The van der Waals surface area contributed by atoms with Crippen molar-refractivity contribution >= 4 is 6.01 Å². The minimum absolute atomic E-state index is 0.259. The SMILES string of the molecule is Fc1ccc(CNc2nc(-c3cccnc3)no2)cc1. The number of nitrogens with one attached hydrogen (secondary N) is 1. The molecule has 3 rings (SSSR count). The Labute approximate surface area is 114 Å². The fourth-order valence-corrected chi connectivity index (χ4v) is 1.69. The Morgan fingerprint density at radius 3 is 2.75 bits per heavy atom. The fraction of sp³-hybridized carbons (Fsp3) is 0.0714. The lowest BCUT2D eigenvalue weighted by Gasteiger charge is -2.00. The van der Waals surface area contributed by atoms with E-state index >= 15 is 0 Å². The summed E-state index contributed by atoms with van der Waals surface area (Å²) in [5.41, 5.74) is 1.71. The van der Waals surface area contributed by atoms with E-state index in [0.29, 0.717) is 18.4 Å². The highest BCUT2D eigenvalue weighted by molar-refractivity contribution is 5.53. The summed E-state index contributed by atoms with van der Waals surface area (Å²) >= 11 is 0. The molecule has 3 aromatic rings. The van der Waals surface area contributed by atoms with Crippen LogP contribution in [0.1, 0.15) is 5.56 Å². The Morgan fingerprint density at radius 1 is 1.15 bits per heavy atom. The maximum absolute atomic E-state index is 12.8. The summed E-state index contributed by atoms with van der Waals surface area (Å²) in [4.78, 5) is 8.20. The van der Waals surface area contributed by atoms with Gasteiger partial charge in [-0.25, -0.2) is 4.39 Å². The normalized spacial score (nSPS) is 10.4. The smallest absolute Gasteiger partial charge is 0.322 e. The van der Waals surface area contributed by atoms with Gasteiger partial charge >= 0.3 is 6.01 Å². The number of halogens is 1. The van der Waals surface area contributed by atoms with Gasteiger partial charge in [-0.3, -0.25) is 4.98 Å². The van der Waals surface area contributed by atoms with Crippen molar-refractivity contribution in [2.45, 2.75) is 6.54 Å². The molecule has 0 atom stereocenters. The summed E-state index contributed by atoms with van der Waals surface area (Å²) in [5, 5.41) is 6.85. The highest BCUT2D eigenvalue weighted by Gasteiger charge is 2.07. The van der Waals surface area contributed by atoms with Gasteiger partial charge in [0.15, 0.2) is 0 Å². The third kappa shape index (κ3) is 2.80. The van der Waals surface area contributed by atoms with Gasteiger partial charge in [0.1, 0.15) is 5.82 Å². The van der Waals surface area contributed by atoms with E-state index in [1.165, 1.54) is 12.1 Å². The van der Waals surface area contributed by atoms with Crippen molar-refractivity contribution in [2.75, 3.05) is 5.32 Å². The van der Waals surface area contributed by atoms with Crippen molar-refractivity contribution in [3.63, 3.8) is 0 Å². The molecule has 0 saturated carbocycles. The number of nitrogens with zero attached hydrogens (tertiary/aromatic N) is 3. The number of hydrogen-bond acceptors (Lipinski definition) is 5. The molecule has 0 spiro atoms. The molecule has 5 nitrogen and oxygen atoms in total. The average molecular weight is 270 g/mol. The van der Waals surface area contributed by atoms with E-state index in [4.69, 9.17) is 4.52 Å². The summed E-state index contributed by atoms with van der Waals surface area (Å²) in [6.45, 7) is 0.481. The second-order valence-corrected chi connectivity index (χ2v) is 4.14. The van der Waals surface area contributed by atoms with Gasteiger partial charge < -0.3 is 9.84 Å². The lowest BCUT2D eigenvalue weighted by molar-refractivity contribution is 0.432. The third-order valence-corrected chi connectivity index (χ3v) is 2.70. The van der Waals surface area contributed by atoms with E-state index in [1.807, 2.05) is 6.07 Å². The molecule has 6 heteroatoms. The first-order valence-corrected chi connectivity index (χ1v) is 6.04. The van der Waals surface area contributed by atoms with Gasteiger partial charge in [-0.15, -0.1) is 0 Å². The third-order valence-electron chi connectivity index (χ3n) is 2.70. The van der Waals surface area contributed by atoms with Crippen molar-refractivity contribution in [3.05, 3.63) is 60.2 Å². The number of hydrogen-bond donors (Lipinski definition) is 1. The Balaban J connectivity index is 1.67. The number of anilines is 1. The second-order valence-electron chi connectivity index (χ2n) is 4.14. The Kier molecular flexibility index (Phi) is 3.36. The largest absolute Gasteiger partial charge is 0.334 e. The number of pyridine rings is 1. The van der Waals surface area contributed by atoms with E-state index in [2.05, 4.69) is 20.4 Å². The van der Waals surface area contributed by atoms with Gasteiger partial charge in [0, 0.05) is 24.5 Å². The molecule has 0 bridgehead atoms. The summed E-state index contributed by atoms with van der Waals surface area (Å²) in [7, 11) is 0. The fourth-order valence-electron chi connectivity index (χ4n) is 1.69. The van der Waals surface area contributed by atoms with Gasteiger partial charge in [-0.2, -0.15) is 4.98 Å².